The van der Waals surface area contributed by atoms with E-state index in [0.29, 0.717) is 6.42 Å². The maximum absolute atomic E-state index is 12.5. The predicted octanol–water partition coefficient (Wildman–Crippen LogP) is 2.41. The molecule has 0 radical (unpaired) electrons. The fourth-order valence-corrected chi connectivity index (χ4v) is 3.56. The lowest BCUT2D eigenvalue weighted by atomic mass is 9.66. The number of amides is 2. The van der Waals surface area contributed by atoms with Crippen molar-refractivity contribution < 1.29 is 9.59 Å². The minimum absolute atomic E-state index is 0.0376. The summed E-state index contributed by atoms with van der Waals surface area (Å²) in [4.78, 5) is 24.4. The van der Waals surface area contributed by atoms with Crippen LogP contribution < -0.4 is 10.6 Å². The average molecular weight is 272 g/mol. The number of fused-ring (bicyclic) bond motifs is 1. The Morgan fingerprint density at radius 2 is 1.80 bits per heavy atom. The van der Waals surface area contributed by atoms with Crippen molar-refractivity contribution in [3.63, 3.8) is 0 Å². The number of carbonyl (C=O) groups is 2. The highest BCUT2D eigenvalue weighted by atomic mass is 16.2. The van der Waals surface area contributed by atoms with Gasteiger partial charge in [0.05, 0.1) is 12.0 Å². The van der Waals surface area contributed by atoms with Gasteiger partial charge in [0.2, 0.25) is 0 Å². The number of carbonyl (C=O) groups excluding carboxylic acids is 2. The summed E-state index contributed by atoms with van der Waals surface area (Å²) in [6, 6.07) is 9.32. The first-order chi connectivity index (χ1) is 9.46. The second-order valence-corrected chi connectivity index (χ2v) is 6.65. The predicted molar refractivity (Wildman–Crippen MR) is 76.2 cm³/mol. The SMILES string of the molecule is CC1(C)CC(=O)[C@H]2[C@H](C1)NC(=O)N[C@@H]2c1ccccc1. The molecule has 106 valence electrons. The number of Topliss-reactive ketones (excluding diaryl/α,β-unsaturated/α-hetero) is 1. The minimum atomic E-state index is -0.210. The lowest BCUT2D eigenvalue weighted by molar-refractivity contribution is -0.130. The van der Waals surface area contributed by atoms with Gasteiger partial charge >= 0.3 is 6.03 Å². The van der Waals surface area contributed by atoms with Gasteiger partial charge < -0.3 is 10.6 Å². The van der Waals surface area contributed by atoms with Gasteiger partial charge in [-0.25, -0.2) is 4.79 Å². The quantitative estimate of drug-likeness (QED) is 0.825. The van der Waals surface area contributed by atoms with Gasteiger partial charge in [0.1, 0.15) is 5.78 Å². The summed E-state index contributed by atoms with van der Waals surface area (Å²) in [5.41, 5.74) is 0.967. The van der Waals surface area contributed by atoms with Crippen molar-refractivity contribution in [1.29, 1.82) is 0 Å². The zero-order valence-corrected chi connectivity index (χ0v) is 11.8. The van der Waals surface area contributed by atoms with E-state index < -0.39 is 0 Å². The molecule has 2 N–H and O–H groups in total. The fraction of sp³-hybridized carbons (Fsp3) is 0.500. The molecule has 1 aliphatic carbocycles. The highest BCUT2D eigenvalue weighted by Crippen LogP contribution is 2.42. The first-order valence-corrected chi connectivity index (χ1v) is 7.11. The Hall–Kier alpha value is -1.84. The first kappa shape index (κ1) is 13.2. The molecule has 3 rings (SSSR count). The van der Waals surface area contributed by atoms with Gasteiger partial charge in [0, 0.05) is 12.5 Å². The van der Waals surface area contributed by atoms with Crippen molar-refractivity contribution in [2.45, 2.75) is 38.8 Å². The van der Waals surface area contributed by atoms with Crippen molar-refractivity contribution in [1.82, 2.24) is 10.6 Å². The van der Waals surface area contributed by atoms with Crippen LogP contribution in [0.25, 0.3) is 0 Å². The number of rotatable bonds is 1. The van der Waals surface area contributed by atoms with Crippen molar-refractivity contribution in [2.24, 2.45) is 11.3 Å². The maximum Gasteiger partial charge on any atom is 0.315 e. The highest BCUT2D eigenvalue weighted by Gasteiger charge is 2.48. The van der Waals surface area contributed by atoms with E-state index in [0.717, 1.165) is 12.0 Å². The fourth-order valence-electron chi connectivity index (χ4n) is 3.56. The van der Waals surface area contributed by atoms with Crippen LogP contribution in [0.1, 0.15) is 38.3 Å². The smallest absolute Gasteiger partial charge is 0.315 e. The summed E-state index contributed by atoms with van der Waals surface area (Å²) in [7, 11) is 0. The van der Waals surface area contributed by atoms with Crippen molar-refractivity contribution in [3.8, 4) is 0 Å². The number of benzene rings is 1. The molecule has 1 saturated carbocycles. The summed E-state index contributed by atoms with van der Waals surface area (Å²) in [5, 5.41) is 5.85. The van der Waals surface area contributed by atoms with Crippen molar-refractivity contribution in [3.05, 3.63) is 35.9 Å². The number of hydrogen-bond donors (Lipinski definition) is 2. The zero-order chi connectivity index (χ0) is 14.3. The van der Waals surface area contributed by atoms with Gasteiger partial charge in [0.25, 0.3) is 0 Å². The normalized spacial score (nSPS) is 32.0. The third-order valence-corrected chi connectivity index (χ3v) is 4.35. The third kappa shape index (κ3) is 2.30. The Bertz CT molecular complexity index is 539. The Morgan fingerprint density at radius 3 is 2.50 bits per heavy atom. The van der Waals surface area contributed by atoms with Gasteiger partial charge in [-0.3, -0.25) is 4.79 Å². The second-order valence-electron chi connectivity index (χ2n) is 6.65. The molecule has 2 fully saturated rings. The molecule has 4 nitrogen and oxygen atoms in total. The summed E-state index contributed by atoms with van der Waals surface area (Å²) < 4.78 is 0. The number of urea groups is 1. The van der Waals surface area contributed by atoms with Crippen LogP contribution >= 0.6 is 0 Å². The molecule has 0 aromatic heterocycles. The lowest BCUT2D eigenvalue weighted by Crippen LogP contribution is -2.61. The van der Waals surface area contributed by atoms with Gasteiger partial charge in [-0.15, -0.1) is 0 Å². The molecule has 1 aromatic rings. The van der Waals surface area contributed by atoms with Gasteiger partial charge in [-0.05, 0) is 17.4 Å². The number of ketones is 1. The monoisotopic (exact) mass is 272 g/mol. The Labute approximate surface area is 118 Å². The average Bonchev–Trinajstić information content (AvgIpc) is 2.36. The molecule has 1 saturated heterocycles. The van der Waals surface area contributed by atoms with Gasteiger partial charge in [-0.1, -0.05) is 44.2 Å². The molecule has 20 heavy (non-hydrogen) atoms. The number of nitrogens with one attached hydrogen (secondary N) is 2. The van der Waals surface area contributed by atoms with Crippen LogP contribution in [0.15, 0.2) is 30.3 Å². The summed E-state index contributed by atoms with van der Waals surface area (Å²) >= 11 is 0. The topological polar surface area (TPSA) is 58.2 Å². The van der Waals surface area contributed by atoms with E-state index in [4.69, 9.17) is 0 Å². The molecule has 3 atom stereocenters. The second kappa shape index (κ2) is 4.62. The van der Waals surface area contributed by atoms with E-state index >= 15 is 0 Å². The summed E-state index contributed by atoms with van der Waals surface area (Å²) in [6.45, 7) is 4.18. The number of hydrogen-bond acceptors (Lipinski definition) is 2. The zero-order valence-electron chi connectivity index (χ0n) is 11.8. The van der Waals surface area contributed by atoms with E-state index in [1.54, 1.807) is 0 Å². The lowest BCUT2D eigenvalue weighted by Gasteiger charge is -2.46. The highest BCUT2D eigenvalue weighted by molar-refractivity contribution is 5.88. The van der Waals surface area contributed by atoms with Crippen LogP contribution in [0.5, 0.6) is 0 Å². The summed E-state index contributed by atoms with van der Waals surface area (Å²) in [6.07, 6.45) is 1.43. The first-order valence-electron chi connectivity index (χ1n) is 7.11. The van der Waals surface area contributed by atoms with Crippen LogP contribution in [0.4, 0.5) is 4.79 Å². The van der Waals surface area contributed by atoms with E-state index in [-0.39, 0.29) is 35.2 Å². The van der Waals surface area contributed by atoms with Crippen LogP contribution in [0.2, 0.25) is 0 Å². The van der Waals surface area contributed by atoms with E-state index in [9.17, 15) is 9.59 Å². The van der Waals surface area contributed by atoms with E-state index in [1.807, 2.05) is 30.3 Å². The summed E-state index contributed by atoms with van der Waals surface area (Å²) in [5.74, 6) is 0.0794. The van der Waals surface area contributed by atoms with E-state index in [1.165, 1.54) is 0 Å². The van der Waals surface area contributed by atoms with E-state index in [2.05, 4.69) is 24.5 Å². The van der Waals surface area contributed by atoms with Crippen molar-refractivity contribution in [2.75, 3.05) is 0 Å². The Morgan fingerprint density at radius 1 is 1.10 bits per heavy atom. The maximum atomic E-state index is 12.5. The third-order valence-electron chi connectivity index (χ3n) is 4.35. The molecule has 0 spiro atoms. The molecular formula is C16H20N2O2. The minimum Gasteiger partial charge on any atom is -0.335 e. The molecule has 0 bridgehead atoms. The van der Waals surface area contributed by atoms with Crippen LogP contribution in [0.3, 0.4) is 0 Å². The largest absolute Gasteiger partial charge is 0.335 e. The van der Waals surface area contributed by atoms with Crippen LogP contribution in [0, 0.1) is 11.3 Å². The Kier molecular flexibility index (Phi) is 3.04. The molecule has 2 aliphatic rings. The van der Waals surface area contributed by atoms with Crippen molar-refractivity contribution >= 4 is 11.8 Å². The molecule has 2 amide bonds. The van der Waals surface area contributed by atoms with Gasteiger partial charge in [-0.2, -0.15) is 0 Å². The van der Waals surface area contributed by atoms with Crippen LogP contribution in [-0.4, -0.2) is 17.9 Å². The molecule has 4 heteroatoms. The molecule has 1 aliphatic heterocycles. The molecule has 1 heterocycles. The standard InChI is InChI=1S/C16H20N2O2/c1-16(2)8-11-13(12(19)9-16)14(18-15(20)17-11)10-6-4-3-5-7-10/h3-7,11,13-14H,8-9H2,1-2H3,(H2,17,18,20)/t11-,13+,14+/m0/s1. The molecular weight excluding hydrogens is 252 g/mol. The van der Waals surface area contributed by atoms with Crippen LogP contribution in [-0.2, 0) is 4.79 Å². The molecule has 1 aromatic carbocycles. The van der Waals surface area contributed by atoms with Gasteiger partial charge in [0.15, 0.2) is 0 Å². The molecule has 0 unspecified atom stereocenters. The Balaban J connectivity index is 1.95.